The quantitative estimate of drug-likeness (QED) is 0.181. The monoisotopic (exact) mass is 537 g/mol. The summed E-state index contributed by atoms with van der Waals surface area (Å²) >= 11 is 12.1. The predicted octanol–water partition coefficient (Wildman–Crippen LogP) is 5.20. The Morgan fingerprint density at radius 1 is 0.973 bits per heavy atom. The minimum absolute atomic E-state index is 0.00800. The molecule has 3 N–H and O–H groups in total. The number of H-pyrrole nitrogens is 1. The molecule has 1 amide bonds. The summed E-state index contributed by atoms with van der Waals surface area (Å²) in [4.78, 5) is 46.5. The average Bonchev–Trinajstić information content (AvgIpc) is 3.43. The first-order valence-electron chi connectivity index (χ1n) is 10.8. The van der Waals surface area contributed by atoms with Crippen LogP contribution in [-0.4, -0.2) is 45.0 Å². The molecule has 11 heteroatoms. The van der Waals surface area contributed by atoms with Gasteiger partial charge < -0.3 is 19.9 Å². The van der Waals surface area contributed by atoms with Crippen LogP contribution in [0.25, 0.3) is 16.8 Å². The maximum absolute atomic E-state index is 13.3. The van der Waals surface area contributed by atoms with Crippen LogP contribution in [-0.2, 0) is 9.59 Å². The molecule has 0 saturated carbocycles. The van der Waals surface area contributed by atoms with Crippen molar-refractivity contribution in [1.82, 2.24) is 9.97 Å². The van der Waals surface area contributed by atoms with E-state index < -0.39 is 29.5 Å². The fraction of sp³-hybridized carbons (Fsp3) is 0.0769. The number of methoxy groups -OCH3 is 1. The molecule has 0 spiro atoms. The molecule has 1 aliphatic rings. The van der Waals surface area contributed by atoms with E-state index in [-0.39, 0.29) is 32.7 Å². The molecule has 1 fully saturated rings. The summed E-state index contributed by atoms with van der Waals surface area (Å²) in [6.07, 6.45) is 0. The van der Waals surface area contributed by atoms with Gasteiger partial charge in [-0.15, -0.1) is 0 Å². The number of aromatic nitrogens is 2. The van der Waals surface area contributed by atoms with Gasteiger partial charge in [0, 0.05) is 5.56 Å². The fourth-order valence-corrected chi connectivity index (χ4v) is 4.49. The second-order valence-electron chi connectivity index (χ2n) is 8.17. The van der Waals surface area contributed by atoms with E-state index in [4.69, 9.17) is 27.9 Å². The number of aromatic amines is 1. The maximum Gasteiger partial charge on any atom is 0.335 e. The lowest BCUT2D eigenvalue weighted by molar-refractivity contribution is -0.132. The van der Waals surface area contributed by atoms with Crippen LogP contribution in [0.2, 0.25) is 10.0 Å². The molecular formula is C26H17Cl2N3O6. The zero-order valence-corrected chi connectivity index (χ0v) is 20.5. The number of Topliss-reactive ketones (excluding diaryl/α,β-unsaturated/α-hetero) is 1. The van der Waals surface area contributed by atoms with Gasteiger partial charge in [0.1, 0.15) is 11.5 Å². The molecule has 0 aliphatic carbocycles. The van der Waals surface area contributed by atoms with Crippen LogP contribution in [0.15, 0.2) is 66.2 Å². The molecule has 9 nitrogen and oxygen atoms in total. The highest BCUT2D eigenvalue weighted by Crippen LogP contribution is 2.42. The van der Waals surface area contributed by atoms with Gasteiger partial charge in [-0.25, -0.2) is 9.78 Å². The number of imidazole rings is 1. The van der Waals surface area contributed by atoms with Crippen LogP contribution in [0, 0.1) is 0 Å². The number of benzene rings is 3. The van der Waals surface area contributed by atoms with Crippen molar-refractivity contribution < 1.29 is 29.3 Å². The molecule has 5 rings (SSSR count). The van der Waals surface area contributed by atoms with Gasteiger partial charge in [-0.05, 0) is 54.1 Å². The summed E-state index contributed by atoms with van der Waals surface area (Å²) < 4.78 is 5.22. The number of nitrogens with zero attached hydrogens (tertiary/aromatic N) is 2. The topological polar surface area (TPSA) is 133 Å². The number of amides is 1. The molecule has 4 aromatic rings. The second kappa shape index (κ2) is 9.27. The van der Waals surface area contributed by atoms with E-state index in [1.807, 2.05) is 0 Å². The Bertz CT molecular complexity index is 1630. The molecule has 1 saturated heterocycles. The van der Waals surface area contributed by atoms with Gasteiger partial charge in [-0.3, -0.25) is 14.5 Å². The Balaban J connectivity index is 1.71. The number of aromatic carboxylic acids is 1. The number of halogens is 2. The van der Waals surface area contributed by atoms with Crippen molar-refractivity contribution in [2.45, 2.75) is 6.04 Å². The molecule has 0 bridgehead atoms. The van der Waals surface area contributed by atoms with Gasteiger partial charge in [0.15, 0.2) is 0 Å². The number of fused-ring (bicyclic) bond motifs is 1. The number of aliphatic hydroxyl groups is 1. The Morgan fingerprint density at radius 2 is 1.68 bits per heavy atom. The molecule has 1 aliphatic heterocycles. The molecule has 37 heavy (non-hydrogen) atoms. The van der Waals surface area contributed by atoms with Crippen LogP contribution in [0.1, 0.15) is 27.5 Å². The van der Waals surface area contributed by atoms with Gasteiger partial charge in [0.25, 0.3) is 5.78 Å². The summed E-state index contributed by atoms with van der Waals surface area (Å²) in [6.45, 7) is 0. The first kappa shape index (κ1) is 24.4. The SMILES string of the molecule is COc1ccc(C2/C(=C(\O)c3ccc(Cl)c(Cl)c3)C(=O)C(=O)N2c2nc3ccc(C(=O)O)cc3[nH]2)cc1. The largest absolute Gasteiger partial charge is 0.507 e. The minimum atomic E-state index is -1.13. The number of nitrogens with one attached hydrogen (secondary N) is 1. The molecule has 2 heterocycles. The van der Waals surface area contributed by atoms with Crippen LogP contribution in [0.4, 0.5) is 5.95 Å². The van der Waals surface area contributed by atoms with Crippen LogP contribution in [0.3, 0.4) is 0 Å². The first-order chi connectivity index (χ1) is 17.7. The normalized spacial score (nSPS) is 16.9. The van der Waals surface area contributed by atoms with Crippen molar-refractivity contribution in [1.29, 1.82) is 0 Å². The Labute approximate surface area is 219 Å². The number of carbonyl (C=O) groups is 3. The van der Waals surface area contributed by atoms with Crippen molar-refractivity contribution in [2.24, 2.45) is 0 Å². The third-order valence-corrected chi connectivity index (χ3v) is 6.75. The highest BCUT2D eigenvalue weighted by atomic mass is 35.5. The molecule has 186 valence electrons. The van der Waals surface area contributed by atoms with Crippen molar-refractivity contribution in [3.8, 4) is 5.75 Å². The number of ether oxygens (including phenoxy) is 1. The van der Waals surface area contributed by atoms with E-state index >= 15 is 0 Å². The summed E-state index contributed by atoms with van der Waals surface area (Å²) in [7, 11) is 1.51. The van der Waals surface area contributed by atoms with E-state index in [0.717, 1.165) is 4.90 Å². The molecule has 1 atom stereocenters. The van der Waals surface area contributed by atoms with Crippen molar-refractivity contribution in [2.75, 3.05) is 12.0 Å². The molecule has 1 aromatic heterocycles. The number of rotatable bonds is 5. The second-order valence-corrected chi connectivity index (χ2v) is 8.98. The zero-order chi connectivity index (χ0) is 26.4. The predicted molar refractivity (Wildman–Crippen MR) is 137 cm³/mol. The molecular weight excluding hydrogens is 521 g/mol. The number of ketones is 1. The lowest BCUT2D eigenvalue weighted by Gasteiger charge is -2.23. The zero-order valence-electron chi connectivity index (χ0n) is 19.0. The summed E-state index contributed by atoms with van der Waals surface area (Å²) in [5.74, 6) is -2.87. The number of carboxylic acids is 1. The van der Waals surface area contributed by atoms with Crippen LogP contribution < -0.4 is 9.64 Å². The van der Waals surface area contributed by atoms with Gasteiger partial charge >= 0.3 is 11.9 Å². The van der Waals surface area contributed by atoms with Gasteiger partial charge in [-0.1, -0.05) is 35.3 Å². The number of hydrogen-bond donors (Lipinski definition) is 3. The standard InChI is InChI=1S/C26H17Cl2N3O6/c1-37-15-6-2-12(3-7-15)21-20(22(32)13-4-8-16(27)17(28)10-13)23(33)24(34)31(21)26-29-18-9-5-14(25(35)36)11-19(18)30-26/h2-11,21,32H,1H3,(H,29,30)(H,35,36)/b22-20+. The van der Waals surface area contributed by atoms with Gasteiger partial charge in [0.2, 0.25) is 5.95 Å². The summed E-state index contributed by atoms with van der Waals surface area (Å²) in [5, 5.41) is 20.9. The Kier molecular flexibility index (Phi) is 6.10. The lowest BCUT2D eigenvalue weighted by Crippen LogP contribution is -2.30. The maximum atomic E-state index is 13.3. The summed E-state index contributed by atoms with van der Waals surface area (Å²) in [6, 6.07) is 14.2. The molecule has 0 radical (unpaired) electrons. The number of carbonyl (C=O) groups excluding carboxylic acids is 2. The third-order valence-electron chi connectivity index (χ3n) is 6.01. The Hall–Kier alpha value is -4.34. The van der Waals surface area contributed by atoms with E-state index in [1.54, 1.807) is 24.3 Å². The van der Waals surface area contributed by atoms with Crippen LogP contribution >= 0.6 is 23.2 Å². The van der Waals surface area contributed by atoms with E-state index in [0.29, 0.717) is 22.3 Å². The highest BCUT2D eigenvalue weighted by Gasteiger charge is 2.48. The van der Waals surface area contributed by atoms with Crippen LogP contribution in [0.5, 0.6) is 5.75 Å². The van der Waals surface area contributed by atoms with E-state index in [2.05, 4.69) is 9.97 Å². The smallest absolute Gasteiger partial charge is 0.335 e. The summed E-state index contributed by atoms with van der Waals surface area (Å²) in [5.41, 5.74) is 1.28. The first-order valence-corrected chi connectivity index (χ1v) is 11.6. The molecule has 1 unspecified atom stereocenters. The van der Waals surface area contributed by atoms with Crippen molar-refractivity contribution in [3.05, 3.63) is 93.0 Å². The van der Waals surface area contributed by atoms with Gasteiger partial charge in [-0.2, -0.15) is 0 Å². The van der Waals surface area contributed by atoms with Gasteiger partial charge in [0.05, 0.1) is 45.4 Å². The number of aliphatic hydroxyl groups excluding tert-OH is 1. The molecule has 3 aromatic carbocycles. The van der Waals surface area contributed by atoms with Crippen molar-refractivity contribution in [3.63, 3.8) is 0 Å². The number of hydrogen-bond acceptors (Lipinski definition) is 6. The number of anilines is 1. The average molecular weight is 538 g/mol. The Morgan fingerprint density at radius 3 is 2.32 bits per heavy atom. The minimum Gasteiger partial charge on any atom is -0.507 e. The highest BCUT2D eigenvalue weighted by molar-refractivity contribution is 6.51. The lowest BCUT2D eigenvalue weighted by atomic mass is 9.95. The number of carboxylic acid groups (broad SMARTS) is 1. The van der Waals surface area contributed by atoms with E-state index in [9.17, 15) is 24.6 Å². The fourth-order valence-electron chi connectivity index (χ4n) is 4.19. The third kappa shape index (κ3) is 4.18. The van der Waals surface area contributed by atoms with E-state index in [1.165, 1.54) is 43.5 Å². The van der Waals surface area contributed by atoms with Crippen molar-refractivity contribution >= 4 is 63.6 Å².